The predicted molar refractivity (Wildman–Crippen MR) is 90.1 cm³/mol. The van der Waals surface area contributed by atoms with Crippen LogP contribution in [-0.4, -0.2) is 31.8 Å². The Morgan fingerprint density at radius 1 is 1.21 bits per heavy atom. The van der Waals surface area contributed by atoms with Crippen LogP contribution in [-0.2, 0) is 6.54 Å². The maximum atomic E-state index is 12.4. The number of amides is 1. The number of carbonyl (C=O) groups excluding carboxylic acids is 1. The lowest BCUT2D eigenvalue weighted by Gasteiger charge is -2.09. The van der Waals surface area contributed by atoms with Crippen molar-refractivity contribution >= 4 is 5.91 Å². The summed E-state index contributed by atoms with van der Waals surface area (Å²) in [6, 6.07) is 9.31. The first kappa shape index (κ1) is 14.7. The van der Waals surface area contributed by atoms with Gasteiger partial charge < -0.3 is 9.88 Å². The highest BCUT2D eigenvalue weighted by Crippen LogP contribution is 2.38. The maximum absolute atomic E-state index is 12.4. The van der Waals surface area contributed by atoms with E-state index < -0.39 is 0 Å². The standard InChI is InChI=1S/C18H19N5O/c24-18(15-3-1-4-16(13-15)23-10-2-7-21-23)20-9-12-22-11-8-19-17(22)14-5-6-14/h1-4,7-8,10-11,13-14H,5-6,9,12H2,(H,20,24). The van der Waals surface area contributed by atoms with Gasteiger partial charge in [-0.15, -0.1) is 0 Å². The molecule has 1 amide bonds. The summed E-state index contributed by atoms with van der Waals surface area (Å²) in [5, 5.41) is 7.17. The fourth-order valence-corrected chi connectivity index (χ4v) is 2.81. The smallest absolute Gasteiger partial charge is 0.251 e. The highest BCUT2D eigenvalue weighted by Gasteiger charge is 2.27. The molecule has 3 aromatic rings. The number of benzene rings is 1. The van der Waals surface area contributed by atoms with E-state index in [1.54, 1.807) is 10.9 Å². The largest absolute Gasteiger partial charge is 0.350 e. The van der Waals surface area contributed by atoms with Gasteiger partial charge in [0.15, 0.2) is 0 Å². The molecule has 1 N–H and O–H groups in total. The fourth-order valence-electron chi connectivity index (χ4n) is 2.81. The number of rotatable bonds is 6. The molecule has 1 saturated carbocycles. The van der Waals surface area contributed by atoms with E-state index in [9.17, 15) is 4.79 Å². The van der Waals surface area contributed by atoms with Gasteiger partial charge in [0.2, 0.25) is 0 Å². The third-order valence-corrected chi connectivity index (χ3v) is 4.21. The van der Waals surface area contributed by atoms with Gasteiger partial charge in [-0.1, -0.05) is 6.07 Å². The monoisotopic (exact) mass is 321 g/mol. The van der Waals surface area contributed by atoms with Gasteiger partial charge in [0.05, 0.1) is 5.69 Å². The summed E-state index contributed by atoms with van der Waals surface area (Å²) in [6.07, 6.45) is 9.85. The summed E-state index contributed by atoms with van der Waals surface area (Å²) < 4.78 is 3.88. The average Bonchev–Trinajstić information content (AvgIpc) is 3.12. The van der Waals surface area contributed by atoms with Crippen LogP contribution >= 0.6 is 0 Å². The Morgan fingerprint density at radius 2 is 2.12 bits per heavy atom. The molecule has 0 atom stereocenters. The van der Waals surface area contributed by atoms with Crippen molar-refractivity contribution in [1.82, 2.24) is 24.6 Å². The first-order valence-corrected chi connectivity index (χ1v) is 8.20. The quantitative estimate of drug-likeness (QED) is 0.758. The van der Waals surface area contributed by atoms with Crippen molar-refractivity contribution in [2.75, 3.05) is 6.54 Å². The van der Waals surface area contributed by atoms with E-state index in [4.69, 9.17) is 0 Å². The topological polar surface area (TPSA) is 64.7 Å². The molecule has 6 heteroatoms. The Kier molecular flexibility index (Phi) is 3.86. The van der Waals surface area contributed by atoms with Crippen molar-refractivity contribution in [3.8, 4) is 5.69 Å². The van der Waals surface area contributed by atoms with Crippen LogP contribution in [0.4, 0.5) is 0 Å². The Hall–Kier alpha value is -2.89. The van der Waals surface area contributed by atoms with Crippen LogP contribution < -0.4 is 5.32 Å². The molecule has 1 aromatic carbocycles. The number of hydrogen-bond donors (Lipinski definition) is 1. The van der Waals surface area contributed by atoms with Gasteiger partial charge in [-0.05, 0) is 37.1 Å². The molecule has 6 nitrogen and oxygen atoms in total. The summed E-state index contributed by atoms with van der Waals surface area (Å²) in [4.78, 5) is 16.8. The van der Waals surface area contributed by atoms with E-state index in [1.165, 1.54) is 12.8 Å². The molecule has 1 aliphatic rings. The van der Waals surface area contributed by atoms with Crippen LogP contribution in [0.2, 0.25) is 0 Å². The fraction of sp³-hybridized carbons (Fsp3) is 0.278. The van der Waals surface area contributed by atoms with Gasteiger partial charge in [-0.2, -0.15) is 5.10 Å². The molecular weight excluding hydrogens is 302 g/mol. The van der Waals surface area contributed by atoms with E-state index >= 15 is 0 Å². The van der Waals surface area contributed by atoms with Crippen molar-refractivity contribution in [1.29, 1.82) is 0 Å². The number of aromatic nitrogens is 4. The van der Waals surface area contributed by atoms with Crippen molar-refractivity contribution < 1.29 is 4.79 Å². The van der Waals surface area contributed by atoms with Crippen molar-refractivity contribution in [3.05, 3.63) is 66.5 Å². The Labute approximate surface area is 140 Å². The minimum atomic E-state index is -0.0721. The lowest BCUT2D eigenvalue weighted by atomic mass is 10.2. The number of imidazole rings is 1. The molecule has 0 saturated heterocycles. The minimum Gasteiger partial charge on any atom is -0.350 e. The van der Waals surface area contributed by atoms with Crippen LogP contribution in [0, 0.1) is 0 Å². The highest BCUT2D eigenvalue weighted by molar-refractivity contribution is 5.94. The molecule has 0 spiro atoms. The number of nitrogens with one attached hydrogen (secondary N) is 1. The molecule has 1 fully saturated rings. The Balaban J connectivity index is 1.38. The number of carbonyl (C=O) groups is 1. The zero-order valence-electron chi connectivity index (χ0n) is 13.3. The molecule has 0 bridgehead atoms. The van der Waals surface area contributed by atoms with Crippen LogP contribution in [0.25, 0.3) is 5.69 Å². The van der Waals surface area contributed by atoms with Crippen molar-refractivity contribution in [3.63, 3.8) is 0 Å². The van der Waals surface area contributed by atoms with E-state index in [-0.39, 0.29) is 5.91 Å². The molecule has 122 valence electrons. The minimum absolute atomic E-state index is 0.0721. The van der Waals surface area contributed by atoms with Crippen LogP contribution in [0.1, 0.15) is 34.9 Å². The molecular formula is C18H19N5O. The second-order valence-electron chi connectivity index (χ2n) is 6.01. The first-order valence-electron chi connectivity index (χ1n) is 8.20. The second kappa shape index (κ2) is 6.31. The maximum Gasteiger partial charge on any atom is 0.251 e. The van der Waals surface area contributed by atoms with Gasteiger partial charge >= 0.3 is 0 Å². The SMILES string of the molecule is O=C(NCCn1ccnc1C1CC1)c1cccc(-n2cccn2)c1. The number of hydrogen-bond acceptors (Lipinski definition) is 3. The van der Waals surface area contributed by atoms with Crippen molar-refractivity contribution in [2.24, 2.45) is 0 Å². The van der Waals surface area contributed by atoms with E-state index in [0.29, 0.717) is 18.0 Å². The molecule has 24 heavy (non-hydrogen) atoms. The molecule has 4 rings (SSSR count). The summed E-state index contributed by atoms with van der Waals surface area (Å²) in [7, 11) is 0. The molecule has 0 aliphatic heterocycles. The first-order chi connectivity index (χ1) is 11.8. The lowest BCUT2D eigenvalue weighted by Crippen LogP contribution is -2.27. The summed E-state index contributed by atoms with van der Waals surface area (Å²) in [6.45, 7) is 1.33. The lowest BCUT2D eigenvalue weighted by molar-refractivity contribution is 0.0952. The van der Waals surface area contributed by atoms with Gasteiger partial charge in [-0.25, -0.2) is 9.67 Å². The summed E-state index contributed by atoms with van der Waals surface area (Å²) >= 11 is 0. The summed E-state index contributed by atoms with van der Waals surface area (Å²) in [5.41, 5.74) is 1.51. The number of nitrogens with zero attached hydrogens (tertiary/aromatic N) is 4. The van der Waals surface area contributed by atoms with Gasteiger partial charge in [0.1, 0.15) is 5.82 Å². The van der Waals surface area contributed by atoms with Gasteiger partial charge in [0.25, 0.3) is 5.91 Å². The Morgan fingerprint density at radius 3 is 2.92 bits per heavy atom. The van der Waals surface area contributed by atoms with E-state index in [1.807, 2.05) is 48.9 Å². The third kappa shape index (κ3) is 3.08. The third-order valence-electron chi connectivity index (χ3n) is 4.21. The van der Waals surface area contributed by atoms with Crippen LogP contribution in [0.5, 0.6) is 0 Å². The summed E-state index contributed by atoms with van der Waals surface area (Å²) in [5.74, 6) is 1.68. The van der Waals surface area contributed by atoms with Gasteiger partial charge in [-0.3, -0.25) is 4.79 Å². The van der Waals surface area contributed by atoms with E-state index in [2.05, 4.69) is 20.0 Å². The zero-order chi connectivity index (χ0) is 16.4. The van der Waals surface area contributed by atoms with Crippen molar-refractivity contribution in [2.45, 2.75) is 25.3 Å². The average molecular weight is 321 g/mol. The van der Waals surface area contributed by atoms with Crippen LogP contribution in [0.3, 0.4) is 0 Å². The van der Waals surface area contributed by atoms with Crippen LogP contribution in [0.15, 0.2) is 55.1 Å². The second-order valence-corrected chi connectivity index (χ2v) is 6.01. The molecule has 2 heterocycles. The predicted octanol–water partition coefficient (Wildman–Crippen LogP) is 2.38. The molecule has 0 radical (unpaired) electrons. The zero-order valence-corrected chi connectivity index (χ0v) is 13.3. The van der Waals surface area contributed by atoms with E-state index in [0.717, 1.165) is 18.1 Å². The normalized spacial score (nSPS) is 13.8. The van der Waals surface area contributed by atoms with Gasteiger partial charge in [0, 0.05) is 49.4 Å². The molecule has 0 unspecified atom stereocenters. The molecule has 1 aliphatic carbocycles. The Bertz CT molecular complexity index is 833. The highest BCUT2D eigenvalue weighted by atomic mass is 16.1. The molecule has 2 aromatic heterocycles.